The van der Waals surface area contributed by atoms with Gasteiger partial charge in [-0.05, 0) is 80.7 Å². The number of carbonyl (C=O) groups is 1. The molecule has 46 heavy (non-hydrogen) atoms. The van der Waals surface area contributed by atoms with Gasteiger partial charge >= 0.3 is 14.0 Å². The summed E-state index contributed by atoms with van der Waals surface area (Å²) in [5, 5.41) is 11.5. The lowest BCUT2D eigenvalue weighted by atomic mass is 9.92. The zero-order valence-electron chi connectivity index (χ0n) is 27.4. The van der Waals surface area contributed by atoms with Crippen molar-refractivity contribution in [1.29, 1.82) is 0 Å². The van der Waals surface area contributed by atoms with Crippen LogP contribution >= 0.6 is 8.03 Å². The number of carboxylic acid groups (broad SMARTS) is 1. The van der Waals surface area contributed by atoms with E-state index in [1.807, 2.05) is 86.7 Å². The van der Waals surface area contributed by atoms with Gasteiger partial charge in [-0.1, -0.05) is 117 Å². The van der Waals surface area contributed by atoms with Crippen molar-refractivity contribution in [2.75, 3.05) is 12.8 Å². The van der Waals surface area contributed by atoms with Crippen LogP contribution < -0.4 is 10.4 Å². The van der Waals surface area contributed by atoms with Gasteiger partial charge in [-0.25, -0.2) is 4.39 Å². The molecule has 0 saturated carbocycles. The predicted octanol–water partition coefficient (Wildman–Crippen LogP) is 8.61. The molecule has 4 aromatic rings. The first kappa shape index (κ1) is 35.1. The van der Waals surface area contributed by atoms with Crippen LogP contribution in [0.1, 0.15) is 49.4 Å². The quantitative estimate of drug-likeness (QED) is 0.115. The minimum Gasteiger partial charge on any atom is -0.481 e. The van der Waals surface area contributed by atoms with Gasteiger partial charge in [-0.15, -0.1) is 4.52 Å². The molecule has 0 aliphatic carbocycles. The van der Waals surface area contributed by atoms with E-state index in [1.165, 1.54) is 6.07 Å². The fourth-order valence-electron chi connectivity index (χ4n) is 6.04. The number of aliphatic carboxylic acids is 1. The largest absolute Gasteiger partial charge is 0.511 e. The molecule has 4 rings (SSSR count). The van der Waals surface area contributed by atoms with Crippen molar-refractivity contribution in [2.45, 2.75) is 59.1 Å². The summed E-state index contributed by atoms with van der Waals surface area (Å²) in [6, 6.07) is 29.2. The summed E-state index contributed by atoms with van der Waals surface area (Å²) in [4.78, 5) is 12.0. The molecule has 0 aliphatic rings. The Morgan fingerprint density at radius 1 is 0.913 bits per heavy atom. The SMILES string of the molecule is Cc1cc(C)c(/C=C\CO[P+](=O)C[C@H](CC(=O)O)O[Si](c2ccccc2)(c2ccccc2)C(C)(C)C)c(-c2ccc(F)c(C)c2)c1. The smallest absolute Gasteiger partial charge is 0.481 e. The number of halogens is 1. The first-order chi connectivity index (χ1) is 21.8. The first-order valence-corrected chi connectivity index (χ1v) is 18.7. The molecule has 0 heterocycles. The van der Waals surface area contributed by atoms with Gasteiger partial charge in [0, 0.05) is 0 Å². The molecule has 240 valence electrons. The van der Waals surface area contributed by atoms with Crippen LogP contribution in [-0.4, -0.2) is 38.3 Å². The van der Waals surface area contributed by atoms with Crippen LogP contribution in [0.25, 0.3) is 17.2 Å². The van der Waals surface area contributed by atoms with Crippen LogP contribution in [-0.2, 0) is 18.3 Å². The standard InChI is InChI=1S/C38H42FO5PSi/c1-27-22-28(2)34(35(23-27)30-19-20-36(39)29(3)24-30)18-13-21-43-45(42)26-31(25-37(40)41)44-46(38(4,5)6,32-14-9-7-10-15-32)33-16-11-8-12-17-33/h7-20,22-24,31H,21,25-26H2,1-6H3/p+1/b18-13-/t31-/m0/s1. The van der Waals surface area contributed by atoms with Crippen molar-refractivity contribution < 1.29 is 27.8 Å². The molecule has 8 heteroatoms. The van der Waals surface area contributed by atoms with E-state index < -0.39 is 28.4 Å². The third-order valence-corrected chi connectivity index (χ3v) is 14.3. The van der Waals surface area contributed by atoms with Gasteiger partial charge in [0.2, 0.25) is 6.16 Å². The van der Waals surface area contributed by atoms with Crippen LogP contribution in [0, 0.1) is 26.6 Å². The molecule has 0 aromatic heterocycles. The molecule has 0 amide bonds. The van der Waals surface area contributed by atoms with Gasteiger partial charge in [-0.2, -0.15) is 0 Å². The molecule has 0 saturated heterocycles. The maximum Gasteiger partial charge on any atom is 0.511 e. The van der Waals surface area contributed by atoms with Crippen molar-refractivity contribution in [3.05, 3.63) is 125 Å². The Bertz CT molecular complexity index is 1660. The maximum absolute atomic E-state index is 14.0. The topological polar surface area (TPSA) is 72.8 Å². The minimum absolute atomic E-state index is 0.0519. The molecule has 1 unspecified atom stereocenters. The Kier molecular flexibility index (Phi) is 11.6. The summed E-state index contributed by atoms with van der Waals surface area (Å²) in [5.74, 6) is -1.27. The highest BCUT2D eigenvalue weighted by Crippen LogP contribution is 2.39. The Morgan fingerprint density at radius 2 is 1.52 bits per heavy atom. The van der Waals surface area contributed by atoms with Crippen molar-refractivity contribution >= 4 is 38.8 Å². The highest BCUT2D eigenvalue weighted by molar-refractivity contribution is 7.39. The first-order valence-electron chi connectivity index (χ1n) is 15.4. The Hall–Kier alpha value is -3.74. The van der Waals surface area contributed by atoms with Crippen LogP contribution in [0.4, 0.5) is 4.39 Å². The summed E-state index contributed by atoms with van der Waals surface area (Å²) in [7, 11) is -5.31. The zero-order chi connectivity index (χ0) is 33.5. The van der Waals surface area contributed by atoms with E-state index in [4.69, 9.17) is 8.95 Å². The van der Waals surface area contributed by atoms with Crippen LogP contribution in [0.2, 0.25) is 5.04 Å². The second-order valence-electron chi connectivity index (χ2n) is 12.7. The lowest BCUT2D eigenvalue weighted by molar-refractivity contribution is -0.138. The lowest BCUT2D eigenvalue weighted by Gasteiger charge is -2.44. The van der Waals surface area contributed by atoms with Crippen molar-refractivity contribution in [3.8, 4) is 11.1 Å². The minimum atomic E-state index is -3.07. The molecule has 0 radical (unpaired) electrons. The third-order valence-electron chi connectivity index (χ3n) is 8.11. The van der Waals surface area contributed by atoms with E-state index in [9.17, 15) is 18.9 Å². The summed E-state index contributed by atoms with van der Waals surface area (Å²) >= 11 is 0. The van der Waals surface area contributed by atoms with E-state index in [-0.39, 0.29) is 30.0 Å². The molecule has 4 aromatic carbocycles. The number of rotatable bonds is 13. The molecule has 0 spiro atoms. The molecule has 2 atom stereocenters. The van der Waals surface area contributed by atoms with E-state index in [2.05, 4.69) is 32.9 Å². The van der Waals surface area contributed by atoms with Crippen LogP contribution in [0.3, 0.4) is 0 Å². The normalized spacial score (nSPS) is 13.2. The fraction of sp³-hybridized carbons (Fsp3) is 0.289. The van der Waals surface area contributed by atoms with E-state index in [0.29, 0.717) is 5.56 Å². The molecule has 1 N–H and O–H groups in total. The van der Waals surface area contributed by atoms with Crippen molar-refractivity contribution in [1.82, 2.24) is 0 Å². The van der Waals surface area contributed by atoms with Crippen LogP contribution in [0.5, 0.6) is 0 Å². The number of hydrogen-bond donors (Lipinski definition) is 1. The number of carboxylic acids is 1. The summed E-state index contributed by atoms with van der Waals surface area (Å²) in [6.45, 7) is 12.2. The Labute approximate surface area is 274 Å². The van der Waals surface area contributed by atoms with Gasteiger partial charge in [0.15, 0.2) is 0 Å². The highest BCUT2D eigenvalue weighted by atomic mass is 31.1. The average Bonchev–Trinajstić information content (AvgIpc) is 3.00. The molecule has 5 nitrogen and oxygen atoms in total. The van der Waals surface area contributed by atoms with E-state index >= 15 is 0 Å². The van der Waals surface area contributed by atoms with Gasteiger partial charge in [0.25, 0.3) is 8.32 Å². The lowest BCUT2D eigenvalue weighted by Crippen LogP contribution is -2.68. The van der Waals surface area contributed by atoms with Gasteiger partial charge in [0.1, 0.15) is 18.5 Å². The van der Waals surface area contributed by atoms with Gasteiger partial charge < -0.3 is 9.53 Å². The molecule has 0 aliphatic heterocycles. The van der Waals surface area contributed by atoms with Crippen molar-refractivity contribution in [2.24, 2.45) is 0 Å². The number of aryl methyl sites for hydroxylation is 3. The Balaban J connectivity index is 1.56. The van der Waals surface area contributed by atoms with Crippen molar-refractivity contribution in [3.63, 3.8) is 0 Å². The monoisotopic (exact) mass is 657 g/mol. The van der Waals surface area contributed by atoms with E-state index in [1.54, 1.807) is 19.1 Å². The second kappa shape index (κ2) is 15.2. The van der Waals surface area contributed by atoms with E-state index in [0.717, 1.165) is 38.2 Å². The summed E-state index contributed by atoms with van der Waals surface area (Å²) < 4.78 is 40.0. The molecular weight excluding hydrogens is 614 g/mol. The van der Waals surface area contributed by atoms with Crippen LogP contribution in [0.15, 0.2) is 97.1 Å². The summed E-state index contributed by atoms with van der Waals surface area (Å²) in [6.07, 6.45) is 2.56. The maximum atomic E-state index is 14.0. The predicted molar refractivity (Wildman–Crippen MR) is 188 cm³/mol. The average molecular weight is 658 g/mol. The third kappa shape index (κ3) is 8.34. The number of hydrogen-bond acceptors (Lipinski definition) is 4. The van der Waals surface area contributed by atoms with Gasteiger partial charge in [0.05, 0.1) is 6.42 Å². The second-order valence-corrected chi connectivity index (χ2v) is 18.3. The summed E-state index contributed by atoms with van der Waals surface area (Å²) in [5.41, 5.74) is 5.57. The molecular formula is C38H43FO5PSi+. The molecule has 0 fully saturated rings. The highest BCUT2D eigenvalue weighted by Gasteiger charge is 2.52. The number of benzene rings is 4. The Morgan fingerprint density at radius 3 is 2.07 bits per heavy atom. The zero-order valence-corrected chi connectivity index (χ0v) is 29.3. The molecule has 0 bridgehead atoms. The fourth-order valence-corrected chi connectivity index (χ4v) is 11.8. The van der Waals surface area contributed by atoms with Gasteiger partial charge in [-0.3, -0.25) is 4.79 Å².